The van der Waals surface area contributed by atoms with E-state index in [9.17, 15) is 0 Å². The van der Waals surface area contributed by atoms with Crippen molar-refractivity contribution in [1.29, 1.82) is 0 Å². The molecule has 0 aliphatic heterocycles. The molecule has 20 heavy (non-hydrogen) atoms. The lowest BCUT2D eigenvalue weighted by Crippen LogP contribution is -2.46. The van der Waals surface area contributed by atoms with Crippen molar-refractivity contribution in [3.63, 3.8) is 0 Å². The lowest BCUT2D eigenvalue weighted by Gasteiger charge is -2.55. The topological polar surface area (TPSA) is 64.9 Å². The number of nitrogens with two attached hydrogens (primary N) is 1. The molecular formula is C16H25N3O. The van der Waals surface area contributed by atoms with Crippen LogP contribution in [0.15, 0.2) is 10.9 Å². The van der Waals surface area contributed by atoms with Gasteiger partial charge >= 0.3 is 0 Å². The first-order chi connectivity index (χ1) is 9.62. The highest BCUT2D eigenvalue weighted by molar-refractivity contribution is 5.02. The molecule has 4 nitrogen and oxygen atoms in total. The van der Waals surface area contributed by atoms with Crippen LogP contribution in [0.3, 0.4) is 0 Å². The van der Waals surface area contributed by atoms with E-state index in [1.54, 1.807) is 0 Å². The lowest BCUT2D eigenvalue weighted by atomic mass is 9.51. The quantitative estimate of drug-likeness (QED) is 0.917. The predicted octanol–water partition coefficient (Wildman–Crippen LogP) is 3.10. The Kier molecular flexibility index (Phi) is 2.92. The minimum atomic E-state index is -0.443. The van der Waals surface area contributed by atoms with Gasteiger partial charge in [0.15, 0.2) is 5.82 Å². The van der Waals surface area contributed by atoms with E-state index in [1.807, 2.05) is 6.92 Å². The zero-order valence-corrected chi connectivity index (χ0v) is 12.3. The van der Waals surface area contributed by atoms with Crippen LogP contribution in [0.4, 0.5) is 0 Å². The van der Waals surface area contributed by atoms with Crippen molar-refractivity contribution in [1.82, 2.24) is 10.1 Å². The van der Waals surface area contributed by atoms with Gasteiger partial charge in [0.25, 0.3) is 0 Å². The summed E-state index contributed by atoms with van der Waals surface area (Å²) in [5.74, 6) is 5.61. The van der Waals surface area contributed by atoms with Crippen molar-refractivity contribution in [3.8, 4) is 0 Å². The van der Waals surface area contributed by atoms with Crippen molar-refractivity contribution in [3.05, 3.63) is 12.2 Å². The van der Waals surface area contributed by atoms with Crippen LogP contribution in [0.2, 0.25) is 0 Å². The zero-order valence-electron chi connectivity index (χ0n) is 12.3. The second kappa shape index (κ2) is 4.55. The van der Waals surface area contributed by atoms with Crippen LogP contribution in [0.25, 0.3) is 0 Å². The standard InChI is InChI=1S/C16H25N3O/c1-16(17,15-18-9-20-19-15)3-2-14-12-5-10-4-11(7-12)8-13(14)6-10/h9-14H,2-8,17H2,1H3. The summed E-state index contributed by atoms with van der Waals surface area (Å²) in [5, 5.41) is 3.93. The molecule has 4 heteroatoms. The first-order valence-electron chi connectivity index (χ1n) is 8.17. The molecule has 4 bridgehead atoms. The van der Waals surface area contributed by atoms with Gasteiger partial charge in [0.05, 0.1) is 5.54 Å². The molecular weight excluding hydrogens is 250 g/mol. The van der Waals surface area contributed by atoms with Crippen LogP contribution in [0, 0.1) is 29.6 Å². The molecule has 0 aromatic carbocycles. The second-order valence-electron chi connectivity index (χ2n) is 7.81. The number of nitrogens with zero attached hydrogens (tertiary/aromatic N) is 2. The van der Waals surface area contributed by atoms with Crippen molar-refractivity contribution in [2.45, 2.75) is 57.4 Å². The van der Waals surface area contributed by atoms with Gasteiger partial charge in [-0.25, -0.2) is 0 Å². The average Bonchev–Trinajstić information content (AvgIpc) is 2.91. The monoisotopic (exact) mass is 275 g/mol. The molecule has 0 radical (unpaired) electrons. The molecule has 1 atom stereocenters. The van der Waals surface area contributed by atoms with Gasteiger partial charge in [0.2, 0.25) is 6.39 Å². The summed E-state index contributed by atoms with van der Waals surface area (Å²) in [4.78, 5) is 4.14. The zero-order chi connectivity index (χ0) is 13.7. The average molecular weight is 275 g/mol. The van der Waals surface area contributed by atoms with Crippen LogP contribution in [0.5, 0.6) is 0 Å². The normalized spacial score (nSPS) is 41.8. The molecule has 4 saturated carbocycles. The maximum atomic E-state index is 6.40. The van der Waals surface area contributed by atoms with E-state index < -0.39 is 5.54 Å². The maximum absolute atomic E-state index is 6.40. The first-order valence-corrected chi connectivity index (χ1v) is 8.17. The van der Waals surface area contributed by atoms with E-state index in [2.05, 4.69) is 10.1 Å². The molecule has 4 fully saturated rings. The molecule has 0 saturated heterocycles. The highest BCUT2D eigenvalue weighted by atomic mass is 16.5. The molecule has 5 rings (SSSR count). The fourth-order valence-electron chi connectivity index (χ4n) is 5.51. The third-order valence-electron chi connectivity index (χ3n) is 6.29. The minimum absolute atomic E-state index is 0.443. The van der Waals surface area contributed by atoms with Crippen LogP contribution < -0.4 is 5.73 Å². The lowest BCUT2D eigenvalue weighted by molar-refractivity contribution is -0.0422. The summed E-state index contributed by atoms with van der Waals surface area (Å²) < 4.78 is 4.85. The van der Waals surface area contributed by atoms with Crippen molar-refractivity contribution >= 4 is 0 Å². The predicted molar refractivity (Wildman–Crippen MR) is 75.6 cm³/mol. The smallest absolute Gasteiger partial charge is 0.213 e. The highest BCUT2D eigenvalue weighted by Gasteiger charge is 2.48. The van der Waals surface area contributed by atoms with Gasteiger partial charge in [-0.05, 0) is 81.5 Å². The van der Waals surface area contributed by atoms with Crippen LogP contribution in [0.1, 0.15) is 57.7 Å². The van der Waals surface area contributed by atoms with Gasteiger partial charge in [-0.15, -0.1) is 0 Å². The minimum Gasteiger partial charge on any atom is -0.343 e. The number of hydrogen-bond acceptors (Lipinski definition) is 4. The summed E-state index contributed by atoms with van der Waals surface area (Å²) in [6, 6.07) is 0. The molecule has 1 aromatic heterocycles. The third kappa shape index (κ3) is 2.09. The van der Waals surface area contributed by atoms with Crippen molar-refractivity contribution in [2.75, 3.05) is 0 Å². The Balaban J connectivity index is 1.42. The van der Waals surface area contributed by atoms with Crippen LogP contribution in [-0.4, -0.2) is 10.1 Å². The Morgan fingerprint density at radius 1 is 1.20 bits per heavy atom. The Labute approximate surface area is 120 Å². The van der Waals surface area contributed by atoms with E-state index in [0.717, 1.165) is 36.0 Å². The van der Waals surface area contributed by atoms with E-state index in [4.69, 9.17) is 10.3 Å². The number of aromatic nitrogens is 2. The number of rotatable bonds is 4. The van der Waals surface area contributed by atoms with Crippen LogP contribution >= 0.6 is 0 Å². The van der Waals surface area contributed by atoms with Crippen molar-refractivity contribution in [2.24, 2.45) is 35.3 Å². The Morgan fingerprint density at radius 3 is 2.40 bits per heavy atom. The van der Waals surface area contributed by atoms with E-state index >= 15 is 0 Å². The molecule has 1 heterocycles. The van der Waals surface area contributed by atoms with Crippen molar-refractivity contribution < 1.29 is 4.52 Å². The Hall–Kier alpha value is -0.900. The summed E-state index contributed by atoms with van der Waals surface area (Å²) in [6.07, 6.45) is 11.1. The third-order valence-corrected chi connectivity index (χ3v) is 6.29. The molecule has 0 amide bonds. The van der Waals surface area contributed by atoms with E-state index in [0.29, 0.717) is 5.82 Å². The largest absolute Gasteiger partial charge is 0.343 e. The van der Waals surface area contributed by atoms with Crippen LogP contribution in [-0.2, 0) is 5.54 Å². The summed E-state index contributed by atoms with van der Waals surface area (Å²) in [6.45, 7) is 2.04. The van der Waals surface area contributed by atoms with E-state index in [1.165, 1.54) is 44.9 Å². The summed E-state index contributed by atoms with van der Waals surface area (Å²) >= 11 is 0. The second-order valence-corrected chi connectivity index (χ2v) is 7.81. The maximum Gasteiger partial charge on any atom is 0.213 e. The van der Waals surface area contributed by atoms with E-state index in [-0.39, 0.29) is 0 Å². The molecule has 1 aromatic rings. The SMILES string of the molecule is CC(N)(CCC1C2CC3CC(C2)CC1C3)c1ncon1. The fraction of sp³-hybridized carbons (Fsp3) is 0.875. The molecule has 110 valence electrons. The molecule has 0 spiro atoms. The fourth-order valence-corrected chi connectivity index (χ4v) is 5.51. The summed E-state index contributed by atoms with van der Waals surface area (Å²) in [7, 11) is 0. The van der Waals surface area contributed by atoms with Gasteiger partial charge in [-0.1, -0.05) is 5.16 Å². The van der Waals surface area contributed by atoms with Gasteiger partial charge in [-0.2, -0.15) is 4.98 Å². The highest BCUT2D eigenvalue weighted by Crippen LogP contribution is 2.57. The molecule has 4 aliphatic carbocycles. The van der Waals surface area contributed by atoms with Gasteiger partial charge in [-0.3, -0.25) is 0 Å². The van der Waals surface area contributed by atoms with Gasteiger partial charge < -0.3 is 10.3 Å². The van der Waals surface area contributed by atoms with Gasteiger partial charge in [0, 0.05) is 0 Å². The molecule has 2 N–H and O–H groups in total. The van der Waals surface area contributed by atoms with Gasteiger partial charge in [0.1, 0.15) is 0 Å². The Morgan fingerprint density at radius 2 is 1.85 bits per heavy atom. The Bertz CT molecular complexity index is 440. The molecule has 4 aliphatic rings. The number of hydrogen-bond donors (Lipinski definition) is 1. The molecule has 1 unspecified atom stereocenters. The first kappa shape index (κ1) is 12.8. The summed E-state index contributed by atoms with van der Waals surface area (Å²) in [5.41, 5.74) is 5.96.